The summed E-state index contributed by atoms with van der Waals surface area (Å²) < 4.78 is 10.9. The first-order valence-electron chi connectivity index (χ1n) is 5.67. The summed E-state index contributed by atoms with van der Waals surface area (Å²) in [6.45, 7) is 0.636. The third-order valence-corrected chi connectivity index (χ3v) is 3.69. The maximum atomic E-state index is 10.4. The van der Waals surface area contributed by atoms with Crippen molar-refractivity contribution in [2.45, 2.75) is 24.4 Å². The van der Waals surface area contributed by atoms with Gasteiger partial charge in [0.2, 0.25) is 0 Å². The molecule has 4 nitrogen and oxygen atoms in total. The molecule has 1 heterocycles. The SMILES string of the molecule is COc1ccc2c3c1[C@@](O)(C#N)CC[C@H]3CO2. The predicted octanol–water partition coefficient (Wildman–Crippen LogP) is 1.68. The van der Waals surface area contributed by atoms with Crippen LogP contribution in [-0.4, -0.2) is 18.8 Å². The monoisotopic (exact) mass is 231 g/mol. The number of benzene rings is 1. The first-order valence-corrected chi connectivity index (χ1v) is 5.67. The summed E-state index contributed by atoms with van der Waals surface area (Å²) in [5, 5.41) is 19.6. The number of rotatable bonds is 1. The Balaban J connectivity index is 2.30. The molecule has 0 spiro atoms. The molecule has 2 aliphatic rings. The van der Waals surface area contributed by atoms with Crippen molar-refractivity contribution in [2.75, 3.05) is 13.7 Å². The molecule has 1 aliphatic heterocycles. The summed E-state index contributed by atoms with van der Waals surface area (Å²) >= 11 is 0. The molecule has 0 saturated carbocycles. The van der Waals surface area contributed by atoms with E-state index in [4.69, 9.17) is 9.47 Å². The summed E-state index contributed by atoms with van der Waals surface area (Å²) in [4.78, 5) is 0. The minimum atomic E-state index is -1.44. The van der Waals surface area contributed by atoms with Crippen LogP contribution in [0.1, 0.15) is 29.9 Å². The Morgan fingerprint density at radius 1 is 1.59 bits per heavy atom. The van der Waals surface area contributed by atoms with Crippen LogP contribution in [0, 0.1) is 11.3 Å². The van der Waals surface area contributed by atoms with Crippen LogP contribution >= 0.6 is 0 Å². The second kappa shape index (κ2) is 3.38. The van der Waals surface area contributed by atoms with E-state index in [9.17, 15) is 10.4 Å². The average molecular weight is 231 g/mol. The highest BCUT2D eigenvalue weighted by molar-refractivity contribution is 5.58. The largest absolute Gasteiger partial charge is 0.496 e. The van der Waals surface area contributed by atoms with Crippen LogP contribution in [0.3, 0.4) is 0 Å². The molecule has 0 radical (unpaired) electrons. The van der Waals surface area contributed by atoms with Crippen molar-refractivity contribution in [3.63, 3.8) is 0 Å². The first kappa shape index (κ1) is 10.4. The van der Waals surface area contributed by atoms with Crippen molar-refractivity contribution in [3.05, 3.63) is 23.3 Å². The summed E-state index contributed by atoms with van der Waals surface area (Å²) in [5.41, 5.74) is 0.120. The third-order valence-electron chi connectivity index (χ3n) is 3.69. The van der Waals surface area contributed by atoms with Gasteiger partial charge in [-0.3, -0.25) is 0 Å². The Labute approximate surface area is 99.4 Å². The summed E-state index contributed by atoms with van der Waals surface area (Å²) in [5.74, 6) is 1.63. The van der Waals surface area contributed by atoms with Crippen molar-refractivity contribution in [3.8, 4) is 17.6 Å². The van der Waals surface area contributed by atoms with Crippen LogP contribution in [0.4, 0.5) is 0 Å². The van der Waals surface area contributed by atoms with E-state index >= 15 is 0 Å². The van der Waals surface area contributed by atoms with Gasteiger partial charge in [0.1, 0.15) is 17.6 Å². The zero-order chi connectivity index (χ0) is 12.0. The minimum absolute atomic E-state index is 0.281. The van der Waals surface area contributed by atoms with Crippen LogP contribution in [-0.2, 0) is 5.60 Å². The molecule has 0 unspecified atom stereocenters. The molecule has 3 rings (SSSR count). The topological polar surface area (TPSA) is 62.5 Å². The lowest BCUT2D eigenvalue weighted by Gasteiger charge is -2.31. The second-order valence-corrected chi connectivity index (χ2v) is 4.57. The number of hydrogen-bond acceptors (Lipinski definition) is 4. The number of methoxy groups -OCH3 is 1. The van der Waals surface area contributed by atoms with Crippen LogP contribution in [0.25, 0.3) is 0 Å². The maximum absolute atomic E-state index is 10.4. The third kappa shape index (κ3) is 1.26. The quantitative estimate of drug-likeness (QED) is 0.747. The number of ether oxygens (including phenoxy) is 2. The van der Waals surface area contributed by atoms with Gasteiger partial charge in [0.05, 0.1) is 13.7 Å². The van der Waals surface area contributed by atoms with Crippen LogP contribution < -0.4 is 9.47 Å². The summed E-state index contributed by atoms with van der Waals surface area (Å²) in [7, 11) is 1.55. The molecule has 1 N–H and O–H groups in total. The van der Waals surface area contributed by atoms with Crippen molar-refractivity contribution in [1.82, 2.24) is 0 Å². The molecule has 0 aromatic heterocycles. The van der Waals surface area contributed by atoms with Crippen LogP contribution in [0.5, 0.6) is 11.5 Å². The van der Waals surface area contributed by atoms with E-state index in [0.29, 0.717) is 24.3 Å². The maximum Gasteiger partial charge on any atom is 0.180 e. The van der Waals surface area contributed by atoms with E-state index < -0.39 is 5.60 Å². The molecular weight excluding hydrogens is 218 g/mol. The number of nitrogens with zero attached hydrogens (tertiary/aromatic N) is 1. The standard InChI is InChI=1S/C13H13NO3/c1-16-10-3-2-9-11-8(6-17-9)4-5-13(15,7-14)12(10)11/h2-3,8,15H,4-6H2,1H3/t8-,13-/m0/s1. The molecule has 0 saturated heterocycles. The highest BCUT2D eigenvalue weighted by Crippen LogP contribution is 2.51. The summed E-state index contributed by atoms with van der Waals surface area (Å²) in [6, 6.07) is 5.61. The van der Waals surface area contributed by atoms with Gasteiger partial charge in [-0.05, 0) is 25.0 Å². The molecule has 2 atom stereocenters. The smallest absolute Gasteiger partial charge is 0.180 e. The zero-order valence-electron chi connectivity index (χ0n) is 9.56. The lowest BCUT2D eigenvalue weighted by atomic mass is 9.75. The van der Waals surface area contributed by atoms with Gasteiger partial charge in [0, 0.05) is 17.0 Å². The Morgan fingerprint density at radius 3 is 3.12 bits per heavy atom. The highest BCUT2D eigenvalue weighted by atomic mass is 16.5. The molecular formula is C13H13NO3. The lowest BCUT2D eigenvalue weighted by molar-refractivity contribution is 0.0706. The molecule has 1 aliphatic carbocycles. The Kier molecular flexibility index (Phi) is 2.07. The fraction of sp³-hybridized carbons (Fsp3) is 0.462. The van der Waals surface area contributed by atoms with Gasteiger partial charge in [-0.1, -0.05) is 0 Å². The van der Waals surface area contributed by atoms with E-state index in [-0.39, 0.29) is 5.92 Å². The van der Waals surface area contributed by atoms with Gasteiger partial charge in [-0.15, -0.1) is 0 Å². The Bertz CT molecular complexity index is 520. The fourth-order valence-corrected chi connectivity index (χ4v) is 2.83. The van der Waals surface area contributed by atoms with Crippen molar-refractivity contribution in [2.24, 2.45) is 0 Å². The molecule has 0 fully saturated rings. The van der Waals surface area contributed by atoms with Gasteiger partial charge in [-0.2, -0.15) is 5.26 Å². The van der Waals surface area contributed by atoms with Crippen LogP contribution in [0.2, 0.25) is 0 Å². The molecule has 0 bridgehead atoms. The van der Waals surface area contributed by atoms with Gasteiger partial charge in [0.15, 0.2) is 5.60 Å². The molecule has 4 heteroatoms. The van der Waals surface area contributed by atoms with Crippen molar-refractivity contribution in [1.29, 1.82) is 5.26 Å². The summed E-state index contributed by atoms with van der Waals surface area (Å²) in [6.07, 6.45) is 1.21. The van der Waals surface area contributed by atoms with E-state index in [1.807, 2.05) is 12.1 Å². The Hall–Kier alpha value is -1.73. The molecule has 17 heavy (non-hydrogen) atoms. The number of aliphatic hydroxyl groups is 1. The van der Waals surface area contributed by atoms with E-state index in [2.05, 4.69) is 0 Å². The molecule has 1 aromatic carbocycles. The average Bonchev–Trinajstić information content (AvgIpc) is 2.78. The Morgan fingerprint density at radius 2 is 2.41 bits per heavy atom. The van der Waals surface area contributed by atoms with Gasteiger partial charge < -0.3 is 14.6 Å². The van der Waals surface area contributed by atoms with Gasteiger partial charge in [-0.25, -0.2) is 0 Å². The van der Waals surface area contributed by atoms with Crippen molar-refractivity contribution < 1.29 is 14.6 Å². The van der Waals surface area contributed by atoms with E-state index in [1.165, 1.54) is 0 Å². The fourth-order valence-electron chi connectivity index (χ4n) is 2.83. The van der Waals surface area contributed by atoms with E-state index in [1.54, 1.807) is 13.2 Å². The predicted molar refractivity (Wildman–Crippen MR) is 60.0 cm³/mol. The molecule has 0 amide bonds. The van der Waals surface area contributed by atoms with Gasteiger partial charge >= 0.3 is 0 Å². The van der Waals surface area contributed by atoms with Gasteiger partial charge in [0.25, 0.3) is 0 Å². The highest BCUT2D eigenvalue weighted by Gasteiger charge is 2.45. The van der Waals surface area contributed by atoms with E-state index in [0.717, 1.165) is 17.7 Å². The second-order valence-electron chi connectivity index (χ2n) is 4.57. The number of nitriles is 1. The zero-order valence-corrected chi connectivity index (χ0v) is 9.56. The molecule has 1 aromatic rings. The van der Waals surface area contributed by atoms with Crippen LogP contribution in [0.15, 0.2) is 12.1 Å². The lowest BCUT2D eigenvalue weighted by Crippen LogP contribution is -2.30. The number of hydrogen-bond donors (Lipinski definition) is 1. The molecule has 88 valence electrons. The minimum Gasteiger partial charge on any atom is -0.496 e. The first-order chi connectivity index (χ1) is 8.19. The normalized spacial score (nSPS) is 29.1. The van der Waals surface area contributed by atoms with Crippen molar-refractivity contribution >= 4 is 0 Å².